The van der Waals surface area contributed by atoms with Crippen LogP contribution in [-0.2, 0) is 17.0 Å². The molecular formula is C22H31NO3S2. The Balaban J connectivity index is 0.00000136. The first kappa shape index (κ1) is 22.9. The van der Waals surface area contributed by atoms with E-state index in [1.54, 1.807) is 11.3 Å². The van der Waals surface area contributed by atoms with Crippen LogP contribution in [0.1, 0.15) is 72.1 Å². The van der Waals surface area contributed by atoms with E-state index in [4.69, 9.17) is 4.18 Å². The van der Waals surface area contributed by atoms with Crippen molar-refractivity contribution in [3.8, 4) is 12.8 Å². The lowest BCUT2D eigenvalue weighted by Crippen LogP contribution is -2.50. The fraction of sp³-hybridized carbons (Fsp3) is 0.591. The fourth-order valence-electron chi connectivity index (χ4n) is 4.10. The topological polar surface area (TPSA) is 49.8 Å². The summed E-state index contributed by atoms with van der Waals surface area (Å²) in [6.07, 6.45) is 14.2. The van der Waals surface area contributed by atoms with Crippen molar-refractivity contribution in [1.29, 1.82) is 0 Å². The monoisotopic (exact) mass is 421 g/mol. The van der Waals surface area contributed by atoms with Crippen LogP contribution >= 0.6 is 24.2 Å². The Hall–Kier alpha value is -1.42. The van der Waals surface area contributed by atoms with Crippen molar-refractivity contribution in [2.75, 3.05) is 13.1 Å². The number of carboxylic acid groups (broad SMARTS) is 1. The maximum atomic E-state index is 12.1. The molecule has 0 amide bonds. The van der Waals surface area contributed by atoms with Crippen LogP contribution in [0.15, 0.2) is 11.8 Å². The SMILES string of the molecule is C#C.C/C=C(\CC(C)c1sc2c(c1C(=O)O)CC(C)(C)CC2)N1CC(OS)C1. The van der Waals surface area contributed by atoms with Crippen LogP contribution in [0.5, 0.6) is 0 Å². The molecule has 0 bridgehead atoms. The van der Waals surface area contributed by atoms with Crippen LogP contribution in [0.3, 0.4) is 0 Å². The molecular weight excluding hydrogens is 390 g/mol. The minimum absolute atomic E-state index is 0.187. The van der Waals surface area contributed by atoms with Crippen molar-refractivity contribution in [1.82, 2.24) is 4.90 Å². The van der Waals surface area contributed by atoms with Gasteiger partial charge in [0, 0.05) is 28.5 Å². The second-order valence-electron chi connectivity index (χ2n) is 8.41. The molecule has 1 aliphatic heterocycles. The Labute approximate surface area is 178 Å². The first-order valence-corrected chi connectivity index (χ1v) is 10.8. The number of hydrogen-bond donors (Lipinski definition) is 2. The summed E-state index contributed by atoms with van der Waals surface area (Å²) in [7, 11) is 0. The summed E-state index contributed by atoms with van der Waals surface area (Å²) < 4.78 is 5.08. The number of terminal acetylenes is 1. The Bertz CT molecular complexity index is 757. The quantitative estimate of drug-likeness (QED) is 0.379. The van der Waals surface area contributed by atoms with E-state index in [1.807, 2.05) is 0 Å². The van der Waals surface area contributed by atoms with Crippen molar-refractivity contribution >= 4 is 30.2 Å². The molecule has 0 spiro atoms. The third-order valence-electron chi connectivity index (χ3n) is 5.72. The predicted octanol–water partition coefficient (Wildman–Crippen LogP) is 5.15. The number of thiophene rings is 1. The van der Waals surface area contributed by atoms with Gasteiger partial charge < -0.3 is 14.2 Å². The summed E-state index contributed by atoms with van der Waals surface area (Å²) in [5.41, 5.74) is 3.13. The predicted molar refractivity (Wildman–Crippen MR) is 119 cm³/mol. The molecule has 1 unspecified atom stereocenters. The number of nitrogens with zero attached hydrogens (tertiary/aromatic N) is 1. The standard InChI is InChI=1S/C20H29NO3S2.C2H2/c1-5-13(21-10-14(11-21)24-25)8-12(2)18-17(19(22)23)15-9-20(3,4)7-6-16(15)26-18;1-2/h5,12,14,25H,6-11H2,1-4H3,(H,22,23);1-2H/b13-5+;. The lowest BCUT2D eigenvalue weighted by molar-refractivity contribution is 0.0589. The molecule has 154 valence electrons. The Kier molecular flexibility index (Phi) is 7.66. The number of carbonyl (C=O) groups is 1. The molecule has 4 nitrogen and oxygen atoms in total. The molecule has 2 aliphatic rings. The molecule has 1 aromatic heterocycles. The van der Waals surface area contributed by atoms with Crippen molar-refractivity contribution in [3.05, 3.63) is 32.7 Å². The van der Waals surface area contributed by atoms with Gasteiger partial charge in [-0.25, -0.2) is 4.79 Å². The highest BCUT2D eigenvalue weighted by Gasteiger charge is 2.35. The third kappa shape index (κ3) is 4.76. The molecule has 1 atom stereocenters. The van der Waals surface area contributed by atoms with E-state index >= 15 is 0 Å². The molecule has 6 heteroatoms. The summed E-state index contributed by atoms with van der Waals surface area (Å²) >= 11 is 5.62. The summed E-state index contributed by atoms with van der Waals surface area (Å²) in [6, 6.07) is 0. The Morgan fingerprint density at radius 2 is 2.11 bits per heavy atom. The van der Waals surface area contributed by atoms with E-state index in [2.05, 4.69) is 64.4 Å². The summed E-state index contributed by atoms with van der Waals surface area (Å²) in [6.45, 7) is 10.4. The number of aromatic carboxylic acids is 1. The van der Waals surface area contributed by atoms with Gasteiger partial charge in [0.25, 0.3) is 0 Å². The van der Waals surface area contributed by atoms with Crippen molar-refractivity contribution in [3.63, 3.8) is 0 Å². The molecule has 1 fully saturated rings. The number of likely N-dealkylation sites (tertiary alicyclic amines) is 1. The summed E-state index contributed by atoms with van der Waals surface area (Å²) in [4.78, 5) is 16.7. The van der Waals surface area contributed by atoms with Crippen LogP contribution in [0.2, 0.25) is 0 Å². The fourth-order valence-corrected chi connectivity index (χ4v) is 5.60. The largest absolute Gasteiger partial charge is 0.478 e. The number of thiol groups is 1. The average Bonchev–Trinajstić information content (AvgIpc) is 2.99. The second-order valence-corrected chi connectivity index (χ2v) is 9.75. The van der Waals surface area contributed by atoms with Gasteiger partial charge in [0.15, 0.2) is 0 Å². The molecule has 28 heavy (non-hydrogen) atoms. The van der Waals surface area contributed by atoms with Gasteiger partial charge in [-0.1, -0.05) is 26.8 Å². The van der Waals surface area contributed by atoms with E-state index in [-0.39, 0.29) is 17.4 Å². The highest BCUT2D eigenvalue weighted by Crippen LogP contribution is 2.45. The molecule has 1 aromatic rings. The first-order chi connectivity index (χ1) is 13.3. The van der Waals surface area contributed by atoms with Gasteiger partial charge >= 0.3 is 5.97 Å². The first-order valence-electron chi connectivity index (χ1n) is 9.67. The van der Waals surface area contributed by atoms with Gasteiger partial charge in [-0.15, -0.1) is 24.2 Å². The van der Waals surface area contributed by atoms with Crippen molar-refractivity contribution in [2.45, 2.75) is 65.4 Å². The number of aryl methyl sites for hydroxylation is 1. The van der Waals surface area contributed by atoms with Crippen LogP contribution in [0, 0.1) is 18.3 Å². The second kappa shape index (κ2) is 9.39. The lowest BCUT2D eigenvalue weighted by Gasteiger charge is -2.41. The van der Waals surface area contributed by atoms with Gasteiger partial charge in [0.2, 0.25) is 0 Å². The van der Waals surface area contributed by atoms with E-state index in [1.165, 1.54) is 10.6 Å². The van der Waals surface area contributed by atoms with Crippen LogP contribution in [0.4, 0.5) is 0 Å². The normalized spacial score (nSPS) is 19.8. The molecule has 1 saturated heterocycles. The highest BCUT2D eigenvalue weighted by molar-refractivity contribution is 7.75. The number of carboxylic acids is 1. The third-order valence-corrected chi connectivity index (χ3v) is 7.54. The number of allylic oxidation sites excluding steroid dienone is 2. The van der Waals surface area contributed by atoms with Gasteiger partial charge in [-0.2, -0.15) is 0 Å². The van der Waals surface area contributed by atoms with Gasteiger partial charge in [0.05, 0.1) is 5.56 Å². The van der Waals surface area contributed by atoms with Gasteiger partial charge in [0.1, 0.15) is 6.10 Å². The van der Waals surface area contributed by atoms with Gasteiger partial charge in [-0.05, 0) is 62.4 Å². The summed E-state index contributed by atoms with van der Waals surface area (Å²) in [5, 5.41) is 9.91. The Morgan fingerprint density at radius 1 is 1.46 bits per heavy atom. The molecule has 1 aliphatic carbocycles. The zero-order chi connectivity index (χ0) is 21.1. The maximum Gasteiger partial charge on any atom is 0.337 e. The van der Waals surface area contributed by atoms with Gasteiger partial charge in [-0.3, -0.25) is 0 Å². The number of fused-ring (bicyclic) bond motifs is 1. The highest BCUT2D eigenvalue weighted by atomic mass is 32.1. The molecule has 3 rings (SSSR count). The van der Waals surface area contributed by atoms with E-state index < -0.39 is 5.97 Å². The van der Waals surface area contributed by atoms with E-state index in [9.17, 15) is 9.90 Å². The molecule has 0 aromatic carbocycles. The van der Waals surface area contributed by atoms with E-state index in [0.29, 0.717) is 5.56 Å². The number of rotatable bonds is 6. The molecule has 2 heterocycles. The van der Waals surface area contributed by atoms with Crippen LogP contribution in [-0.4, -0.2) is 35.2 Å². The minimum atomic E-state index is -0.767. The van der Waals surface area contributed by atoms with E-state index in [0.717, 1.165) is 49.2 Å². The average molecular weight is 422 g/mol. The number of hydrogen-bond acceptors (Lipinski definition) is 5. The van der Waals surface area contributed by atoms with Crippen molar-refractivity contribution < 1.29 is 14.1 Å². The zero-order valence-corrected chi connectivity index (χ0v) is 18.9. The molecule has 0 radical (unpaired) electrons. The minimum Gasteiger partial charge on any atom is -0.478 e. The Morgan fingerprint density at radius 3 is 2.64 bits per heavy atom. The van der Waals surface area contributed by atoms with Crippen LogP contribution in [0.25, 0.3) is 0 Å². The lowest BCUT2D eigenvalue weighted by atomic mass is 9.75. The van der Waals surface area contributed by atoms with Crippen molar-refractivity contribution in [2.24, 2.45) is 5.41 Å². The molecule has 1 N–H and O–H groups in total. The van der Waals surface area contributed by atoms with Crippen LogP contribution < -0.4 is 0 Å². The zero-order valence-electron chi connectivity index (χ0n) is 17.2. The summed E-state index contributed by atoms with van der Waals surface area (Å²) in [5.74, 6) is -0.571. The molecule has 0 saturated carbocycles. The maximum absolute atomic E-state index is 12.1. The smallest absolute Gasteiger partial charge is 0.337 e.